The van der Waals surface area contributed by atoms with Crippen LogP contribution in [0.25, 0.3) is 0 Å². The van der Waals surface area contributed by atoms with E-state index in [-0.39, 0.29) is 19.0 Å². The fourth-order valence-corrected chi connectivity index (χ4v) is 4.34. The van der Waals surface area contributed by atoms with Gasteiger partial charge in [0.1, 0.15) is 0 Å². The predicted octanol–water partition coefficient (Wildman–Crippen LogP) is 1.73. The molecule has 0 heterocycles. The quantitative estimate of drug-likeness (QED) is 0.844. The normalized spacial score (nSPS) is 11.8. The Kier molecular flexibility index (Phi) is 4.61. The molecule has 0 atom stereocenters. The molecule has 0 amide bonds. The first-order chi connectivity index (χ1) is 9.10. The number of anilines is 2. The van der Waals surface area contributed by atoms with Gasteiger partial charge in [0.25, 0.3) is 0 Å². The molecular weight excluding hydrogens is 262 g/mol. The van der Waals surface area contributed by atoms with Crippen molar-refractivity contribution in [1.29, 1.82) is 0 Å². The molecule has 0 saturated heterocycles. The monoisotopic (exact) mass is 285 g/mol. The Labute approximate surface area is 121 Å². The molecule has 0 saturated carbocycles. The van der Waals surface area contributed by atoms with Crippen molar-refractivity contribution < 1.29 is 0 Å². The highest BCUT2D eigenvalue weighted by Gasteiger charge is 2.01. The van der Waals surface area contributed by atoms with Crippen LogP contribution in [0.5, 0.6) is 0 Å². The van der Waals surface area contributed by atoms with Crippen LogP contribution < -0.4 is 15.7 Å². The predicted molar refractivity (Wildman–Crippen MR) is 93.7 cm³/mol. The Morgan fingerprint density at radius 1 is 0.684 bits per heavy atom. The Balaban J connectivity index is 2.30. The number of benzene rings is 2. The lowest BCUT2D eigenvalue weighted by Crippen LogP contribution is -2.13. The summed E-state index contributed by atoms with van der Waals surface area (Å²) in [7, 11) is -0.188. The van der Waals surface area contributed by atoms with Crippen LogP contribution in [0.15, 0.2) is 36.4 Å². The van der Waals surface area contributed by atoms with E-state index in [1.165, 1.54) is 32.9 Å². The minimum absolute atomic E-state index is 0.0938. The van der Waals surface area contributed by atoms with Crippen molar-refractivity contribution in [3.05, 3.63) is 47.5 Å². The van der Waals surface area contributed by atoms with Crippen molar-refractivity contribution in [2.24, 2.45) is 0 Å². The van der Waals surface area contributed by atoms with E-state index in [9.17, 15) is 0 Å². The van der Waals surface area contributed by atoms with E-state index in [1.807, 2.05) is 0 Å². The molecule has 0 radical (unpaired) electrons. The van der Waals surface area contributed by atoms with E-state index in [2.05, 4.69) is 68.7 Å². The lowest BCUT2D eigenvalue weighted by atomic mass is 10.2. The number of hydrogen-bond donors (Lipinski definition) is 1. The van der Waals surface area contributed by atoms with Crippen LogP contribution in [0.1, 0.15) is 11.1 Å². The molecule has 0 spiro atoms. The molecule has 0 unspecified atom stereocenters. The van der Waals surface area contributed by atoms with Gasteiger partial charge >= 0.3 is 0 Å². The molecule has 0 aliphatic heterocycles. The van der Waals surface area contributed by atoms with Crippen LogP contribution in [0.3, 0.4) is 0 Å². The minimum Gasteiger partial charge on any atom is -0.356 e. The average molecular weight is 286 g/mol. The molecule has 0 aliphatic rings. The van der Waals surface area contributed by atoms with Gasteiger partial charge in [0, 0.05) is 11.4 Å². The molecule has 1 nitrogen and oxygen atoms in total. The summed E-state index contributed by atoms with van der Waals surface area (Å²) in [5.41, 5.74) is 5.18. The Morgan fingerprint density at radius 2 is 1.11 bits per heavy atom. The van der Waals surface area contributed by atoms with Crippen molar-refractivity contribution in [3.63, 3.8) is 0 Å². The Morgan fingerprint density at radius 3 is 1.47 bits per heavy atom. The molecule has 1 N–H and O–H groups in total. The lowest BCUT2D eigenvalue weighted by Gasteiger charge is -2.11. The molecule has 2 aromatic rings. The van der Waals surface area contributed by atoms with Crippen LogP contribution in [0, 0.1) is 13.8 Å². The number of hydrogen-bond acceptors (Lipinski definition) is 1. The highest BCUT2D eigenvalue weighted by atomic mass is 28.2. The summed E-state index contributed by atoms with van der Waals surface area (Å²) < 4.78 is 0. The Bertz CT molecular complexity index is 527. The van der Waals surface area contributed by atoms with Gasteiger partial charge in [-0.15, -0.1) is 0 Å². The molecule has 19 heavy (non-hydrogen) atoms. The maximum absolute atomic E-state index is 3.58. The van der Waals surface area contributed by atoms with Gasteiger partial charge < -0.3 is 5.32 Å². The zero-order valence-corrected chi connectivity index (χ0v) is 15.2. The average Bonchev–Trinajstić information content (AvgIpc) is 2.37. The fraction of sp³-hybridized carbons (Fsp3) is 0.250. The SMILES string of the molecule is C[SiH2]c1cc(C)cc(Nc2cc(C)cc([SiH2]C)c2)c1. The second kappa shape index (κ2) is 6.21. The third kappa shape index (κ3) is 3.82. The number of rotatable bonds is 4. The van der Waals surface area contributed by atoms with Crippen molar-refractivity contribution in [3.8, 4) is 0 Å². The molecule has 0 aliphatic carbocycles. The summed E-state index contributed by atoms with van der Waals surface area (Å²) in [5.74, 6) is 0. The second-order valence-electron chi connectivity index (χ2n) is 5.25. The van der Waals surface area contributed by atoms with Gasteiger partial charge in [0.15, 0.2) is 0 Å². The van der Waals surface area contributed by atoms with Crippen molar-refractivity contribution >= 4 is 40.8 Å². The Hall–Kier alpha value is -1.33. The van der Waals surface area contributed by atoms with Crippen molar-refractivity contribution in [2.45, 2.75) is 26.9 Å². The van der Waals surface area contributed by atoms with E-state index in [4.69, 9.17) is 0 Å². The van der Waals surface area contributed by atoms with Gasteiger partial charge in [-0.25, -0.2) is 0 Å². The van der Waals surface area contributed by atoms with Gasteiger partial charge in [-0.1, -0.05) is 35.6 Å². The first-order valence-corrected chi connectivity index (χ1v) is 11.3. The van der Waals surface area contributed by atoms with E-state index in [1.54, 1.807) is 0 Å². The molecule has 2 aromatic carbocycles. The first-order valence-electron chi connectivity index (χ1n) is 7.09. The summed E-state index contributed by atoms with van der Waals surface area (Å²) >= 11 is 0. The first kappa shape index (κ1) is 14.1. The fourth-order valence-electron chi connectivity index (χ4n) is 2.44. The van der Waals surface area contributed by atoms with Gasteiger partial charge in [0.05, 0.1) is 19.0 Å². The highest BCUT2D eigenvalue weighted by molar-refractivity contribution is 6.52. The number of nitrogens with one attached hydrogen (secondary N) is 1. The number of aryl methyl sites for hydroxylation is 2. The summed E-state index contributed by atoms with van der Waals surface area (Å²) in [6.07, 6.45) is 0. The van der Waals surface area contributed by atoms with Gasteiger partial charge in [0.2, 0.25) is 0 Å². The van der Waals surface area contributed by atoms with Gasteiger partial charge in [-0.05, 0) is 49.2 Å². The minimum atomic E-state index is -0.0938. The zero-order chi connectivity index (χ0) is 13.8. The lowest BCUT2D eigenvalue weighted by molar-refractivity contribution is 1.44. The summed E-state index contributed by atoms with van der Waals surface area (Å²) in [5, 5.41) is 6.64. The third-order valence-electron chi connectivity index (χ3n) is 3.38. The van der Waals surface area contributed by atoms with E-state index < -0.39 is 0 Å². The van der Waals surface area contributed by atoms with Gasteiger partial charge in [-0.3, -0.25) is 0 Å². The standard InChI is InChI=1S/C16H23NSi2/c1-11-5-13(9-15(7-11)18-3)17-14-6-12(2)8-16(10-14)19-4/h5-10,17H,18-19H2,1-4H3. The maximum atomic E-state index is 3.58. The van der Waals surface area contributed by atoms with Crippen LogP contribution >= 0.6 is 0 Å². The van der Waals surface area contributed by atoms with E-state index >= 15 is 0 Å². The van der Waals surface area contributed by atoms with E-state index in [0.29, 0.717) is 0 Å². The van der Waals surface area contributed by atoms with Crippen molar-refractivity contribution in [2.75, 3.05) is 5.32 Å². The van der Waals surface area contributed by atoms with Crippen LogP contribution in [-0.4, -0.2) is 19.0 Å². The molecule has 100 valence electrons. The molecular formula is C16H23NSi2. The summed E-state index contributed by atoms with van der Waals surface area (Å²) in [6, 6.07) is 13.7. The van der Waals surface area contributed by atoms with Crippen LogP contribution in [0.4, 0.5) is 11.4 Å². The van der Waals surface area contributed by atoms with Crippen LogP contribution in [-0.2, 0) is 0 Å². The highest BCUT2D eigenvalue weighted by Crippen LogP contribution is 2.17. The topological polar surface area (TPSA) is 12.0 Å². The van der Waals surface area contributed by atoms with Gasteiger partial charge in [-0.2, -0.15) is 0 Å². The van der Waals surface area contributed by atoms with Crippen molar-refractivity contribution in [1.82, 2.24) is 0 Å². The molecule has 0 aromatic heterocycles. The molecule has 2 rings (SSSR count). The summed E-state index contributed by atoms with van der Waals surface area (Å²) in [6.45, 7) is 9.04. The van der Waals surface area contributed by atoms with Crippen LogP contribution in [0.2, 0.25) is 13.1 Å². The second-order valence-corrected chi connectivity index (χ2v) is 8.29. The third-order valence-corrected chi connectivity index (χ3v) is 5.83. The maximum Gasteiger partial charge on any atom is 0.0518 e. The zero-order valence-electron chi connectivity index (χ0n) is 12.4. The smallest absolute Gasteiger partial charge is 0.0518 e. The molecule has 0 bridgehead atoms. The molecule has 0 fully saturated rings. The largest absolute Gasteiger partial charge is 0.356 e. The molecule has 3 heteroatoms. The van der Waals surface area contributed by atoms with E-state index in [0.717, 1.165) is 0 Å². The summed E-state index contributed by atoms with van der Waals surface area (Å²) in [4.78, 5) is 0.